The number of carbonyl (C=O) groups is 1. The van der Waals surface area contributed by atoms with Crippen molar-refractivity contribution in [1.82, 2.24) is 14.8 Å². The van der Waals surface area contributed by atoms with E-state index < -0.39 is 5.97 Å². The van der Waals surface area contributed by atoms with Crippen LogP contribution >= 0.6 is 11.3 Å². The van der Waals surface area contributed by atoms with Gasteiger partial charge in [-0.25, -0.2) is 4.98 Å². The molecule has 2 heterocycles. The molecule has 0 amide bonds. The van der Waals surface area contributed by atoms with Crippen molar-refractivity contribution in [3.05, 3.63) is 46.2 Å². The number of fused-ring (bicyclic) bond motifs is 2. The summed E-state index contributed by atoms with van der Waals surface area (Å²) < 4.78 is 2.93. The summed E-state index contributed by atoms with van der Waals surface area (Å²) in [4.78, 5) is 16.0. The summed E-state index contributed by atoms with van der Waals surface area (Å²) in [6.07, 6.45) is 5.05. The second-order valence-corrected chi connectivity index (χ2v) is 7.05. The normalized spacial score (nSPS) is 14.3. The van der Waals surface area contributed by atoms with E-state index in [2.05, 4.69) is 10.1 Å². The molecule has 122 valence electrons. The predicted molar refractivity (Wildman–Crippen MR) is 95.0 cm³/mol. The zero-order valence-corrected chi connectivity index (χ0v) is 14.1. The van der Waals surface area contributed by atoms with Crippen LogP contribution in [0.1, 0.15) is 34.8 Å². The van der Waals surface area contributed by atoms with Crippen LogP contribution in [0.3, 0.4) is 0 Å². The largest absolute Gasteiger partial charge is 0.481 e. The topological polar surface area (TPSA) is 68.0 Å². The van der Waals surface area contributed by atoms with Gasteiger partial charge < -0.3 is 5.11 Å². The third-order valence-electron chi connectivity index (χ3n) is 4.34. The summed E-state index contributed by atoms with van der Waals surface area (Å²) >= 11 is 1.54. The molecule has 5 nitrogen and oxygen atoms in total. The van der Waals surface area contributed by atoms with Gasteiger partial charge in [0.1, 0.15) is 5.01 Å². The number of aromatic nitrogens is 3. The van der Waals surface area contributed by atoms with Crippen molar-refractivity contribution in [3.63, 3.8) is 0 Å². The highest BCUT2D eigenvalue weighted by molar-refractivity contribution is 7.19. The third kappa shape index (κ3) is 2.63. The van der Waals surface area contributed by atoms with E-state index in [1.165, 1.54) is 16.9 Å². The Labute approximate surface area is 143 Å². The van der Waals surface area contributed by atoms with Crippen molar-refractivity contribution >= 4 is 39.2 Å². The van der Waals surface area contributed by atoms with Gasteiger partial charge in [-0.3, -0.25) is 9.48 Å². The Morgan fingerprint density at radius 3 is 3.00 bits per heavy atom. The maximum Gasteiger partial charge on any atom is 0.307 e. The molecule has 1 aliphatic rings. The van der Waals surface area contributed by atoms with Crippen LogP contribution in [0.15, 0.2) is 24.3 Å². The first-order valence-corrected chi connectivity index (χ1v) is 8.76. The second-order valence-electron chi connectivity index (χ2n) is 6.01. The minimum atomic E-state index is -0.848. The summed E-state index contributed by atoms with van der Waals surface area (Å²) in [6.45, 7) is 0. The van der Waals surface area contributed by atoms with Gasteiger partial charge in [-0.15, -0.1) is 11.3 Å². The predicted octanol–water partition coefficient (Wildman–Crippen LogP) is 3.53. The highest BCUT2D eigenvalue weighted by Gasteiger charge is 2.21. The van der Waals surface area contributed by atoms with Crippen LogP contribution < -0.4 is 0 Å². The first-order chi connectivity index (χ1) is 11.6. The lowest BCUT2D eigenvalue weighted by molar-refractivity contribution is -0.135. The Morgan fingerprint density at radius 1 is 1.38 bits per heavy atom. The van der Waals surface area contributed by atoms with Crippen molar-refractivity contribution < 1.29 is 9.90 Å². The Morgan fingerprint density at radius 2 is 2.21 bits per heavy atom. The maximum absolute atomic E-state index is 11.4. The maximum atomic E-state index is 11.4. The van der Waals surface area contributed by atoms with Crippen LogP contribution in [-0.2, 0) is 24.7 Å². The molecule has 6 heteroatoms. The fraction of sp³-hybridized carbons (Fsp3) is 0.278. The molecule has 0 spiro atoms. The molecule has 0 bridgehead atoms. The van der Waals surface area contributed by atoms with E-state index in [0.29, 0.717) is 0 Å². The lowest BCUT2D eigenvalue weighted by Crippen LogP contribution is -2.00. The highest BCUT2D eigenvalue weighted by Crippen LogP contribution is 2.32. The number of aliphatic carboxylic acids is 1. The summed E-state index contributed by atoms with van der Waals surface area (Å²) in [5.74, 6) is -0.848. The lowest BCUT2D eigenvalue weighted by Gasteiger charge is -2.04. The Hall–Kier alpha value is -2.47. The number of nitrogens with zero attached hydrogens (tertiary/aromatic N) is 3. The number of hydrogen-bond donors (Lipinski definition) is 1. The van der Waals surface area contributed by atoms with Crippen LogP contribution in [0.4, 0.5) is 0 Å². The molecule has 0 fully saturated rings. The summed E-state index contributed by atoms with van der Waals surface area (Å²) in [6, 6.07) is 7.88. The molecular formula is C18H17N3O2S. The van der Waals surface area contributed by atoms with Gasteiger partial charge in [0.15, 0.2) is 0 Å². The fourth-order valence-corrected chi connectivity index (χ4v) is 4.23. The minimum absolute atomic E-state index is 0.0419. The molecule has 24 heavy (non-hydrogen) atoms. The van der Waals surface area contributed by atoms with E-state index in [-0.39, 0.29) is 6.42 Å². The van der Waals surface area contributed by atoms with Gasteiger partial charge in [-0.05, 0) is 37.5 Å². The number of benzene rings is 1. The van der Waals surface area contributed by atoms with E-state index in [9.17, 15) is 9.90 Å². The van der Waals surface area contributed by atoms with Crippen molar-refractivity contribution in [3.8, 4) is 0 Å². The SMILES string of the molecule is Cn1nc2c(c1/C=C(\CC(=O)O)c1nc3ccccc3s1)CCC2. The van der Waals surface area contributed by atoms with Crippen LogP contribution in [0, 0.1) is 0 Å². The van der Waals surface area contributed by atoms with E-state index in [1.54, 1.807) is 0 Å². The smallest absolute Gasteiger partial charge is 0.307 e. The molecule has 3 aromatic rings. The monoisotopic (exact) mass is 339 g/mol. The molecule has 0 radical (unpaired) electrons. The molecule has 2 aromatic heterocycles. The number of carboxylic acids is 1. The van der Waals surface area contributed by atoms with Crippen LogP contribution in [0.25, 0.3) is 21.9 Å². The number of para-hydroxylation sites is 1. The van der Waals surface area contributed by atoms with Gasteiger partial charge in [0.2, 0.25) is 0 Å². The zero-order chi connectivity index (χ0) is 16.7. The Kier molecular flexibility index (Phi) is 3.69. The molecular weight excluding hydrogens is 322 g/mol. The Bertz CT molecular complexity index is 935. The van der Waals surface area contributed by atoms with E-state index in [1.807, 2.05) is 42.1 Å². The quantitative estimate of drug-likeness (QED) is 0.789. The van der Waals surface area contributed by atoms with E-state index in [0.717, 1.165) is 51.4 Å². The van der Waals surface area contributed by atoms with Crippen molar-refractivity contribution in [1.29, 1.82) is 0 Å². The fourth-order valence-electron chi connectivity index (χ4n) is 3.25. The third-order valence-corrected chi connectivity index (χ3v) is 5.45. The van der Waals surface area contributed by atoms with Gasteiger partial charge in [0.05, 0.1) is 28.0 Å². The molecule has 0 unspecified atom stereocenters. The van der Waals surface area contributed by atoms with Crippen molar-refractivity contribution in [2.75, 3.05) is 0 Å². The van der Waals surface area contributed by atoms with Crippen LogP contribution in [-0.4, -0.2) is 25.8 Å². The van der Waals surface area contributed by atoms with Crippen molar-refractivity contribution in [2.24, 2.45) is 7.05 Å². The second kappa shape index (κ2) is 5.87. The molecule has 0 saturated heterocycles. The van der Waals surface area contributed by atoms with Crippen LogP contribution in [0.2, 0.25) is 0 Å². The average Bonchev–Trinajstić information content (AvgIpc) is 3.22. The lowest BCUT2D eigenvalue weighted by atomic mass is 10.1. The molecule has 4 rings (SSSR count). The van der Waals surface area contributed by atoms with E-state index in [4.69, 9.17) is 0 Å². The highest BCUT2D eigenvalue weighted by atomic mass is 32.1. The molecule has 1 N–H and O–H groups in total. The summed E-state index contributed by atoms with van der Waals surface area (Å²) in [5.41, 5.74) is 5.05. The number of thiazole rings is 1. The number of carboxylic acid groups (broad SMARTS) is 1. The number of hydrogen-bond acceptors (Lipinski definition) is 4. The first kappa shape index (κ1) is 15.1. The van der Waals surface area contributed by atoms with Crippen LogP contribution in [0.5, 0.6) is 0 Å². The van der Waals surface area contributed by atoms with Gasteiger partial charge >= 0.3 is 5.97 Å². The molecule has 1 aliphatic carbocycles. The van der Waals surface area contributed by atoms with E-state index >= 15 is 0 Å². The van der Waals surface area contributed by atoms with Gasteiger partial charge in [0, 0.05) is 18.2 Å². The summed E-state index contributed by atoms with van der Waals surface area (Å²) in [5, 5.41) is 14.7. The Balaban J connectivity index is 1.83. The van der Waals surface area contributed by atoms with Crippen molar-refractivity contribution in [2.45, 2.75) is 25.7 Å². The first-order valence-electron chi connectivity index (χ1n) is 7.95. The molecule has 0 atom stereocenters. The molecule has 1 aromatic carbocycles. The zero-order valence-electron chi connectivity index (χ0n) is 13.3. The minimum Gasteiger partial charge on any atom is -0.481 e. The van der Waals surface area contributed by atoms with Gasteiger partial charge in [-0.1, -0.05) is 12.1 Å². The number of rotatable bonds is 4. The van der Waals surface area contributed by atoms with Gasteiger partial charge in [0.25, 0.3) is 0 Å². The number of aryl methyl sites for hydroxylation is 2. The molecule has 0 saturated carbocycles. The standard InChI is InChI=1S/C18H17N3O2S/c1-21-15(12-5-4-7-13(12)20-21)9-11(10-17(22)23)18-19-14-6-2-3-8-16(14)24-18/h2-3,6,8-9H,4-5,7,10H2,1H3,(H,22,23)/b11-9+. The molecule has 0 aliphatic heterocycles. The van der Waals surface area contributed by atoms with Gasteiger partial charge in [-0.2, -0.15) is 5.10 Å². The average molecular weight is 339 g/mol. The summed E-state index contributed by atoms with van der Waals surface area (Å²) in [7, 11) is 1.92.